The number of nitrogens with two attached hydrogens (primary N) is 1. The van der Waals surface area contributed by atoms with Crippen LogP contribution in [-0.2, 0) is 0 Å². The van der Waals surface area contributed by atoms with E-state index in [9.17, 15) is 13.2 Å². The Hall–Kier alpha value is -0.290. The summed E-state index contributed by atoms with van der Waals surface area (Å²) in [6.07, 6.45) is -0.827. The van der Waals surface area contributed by atoms with E-state index >= 15 is 0 Å². The van der Waals surface area contributed by atoms with Crippen LogP contribution in [0.2, 0.25) is 0 Å². The minimum absolute atomic E-state index is 0.268. The van der Waals surface area contributed by atoms with E-state index in [2.05, 4.69) is 5.32 Å². The van der Waals surface area contributed by atoms with Crippen molar-refractivity contribution in [3.05, 3.63) is 0 Å². The number of rotatable bonds is 4. The van der Waals surface area contributed by atoms with Crippen LogP contribution in [0.3, 0.4) is 0 Å². The van der Waals surface area contributed by atoms with Gasteiger partial charge in [-0.15, -0.1) is 0 Å². The molecule has 0 bridgehead atoms. The van der Waals surface area contributed by atoms with E-state index in [-0.39, 0.29) is 6.42 Å². The van der Waals surface area contributed by atoms with Gasteiger partial charge in [-0.2, -0.15) is 13.2 Å². The van der Waals surface area contributed by atoms with E-state index < -0.39 is 18.1 Å². The van der Waals surface area contributed by atoms with E-state index in [0.29, 0.717) is 25.9 Å². The number of halogens is 3. The van der Waals surface area contributed by atoms with Gasteiger partial charge in [-0.1, -0.05) is 12.8 Å². The fourth-order valence-electron chi connectivity index (χ4n) is 2.16. The van der Waals surface area contributed by atoms with Gasteiger partial charge in [0.1, 0.15) is 0 Å². The summed E-state index contributed by atoms with van der Waals surface area (Å²) in [6, 6.07) is -0.398. The maximum Gasteiger partial charge on any atom is 0.393 e. The molecule has 0 amide bonds. The number of alkyl halides is 3. The van der Waals surface area contributed by atoms with Crippen LogP contribution in [0.1, 0.15) is 32.1 Å². The highest BCUT2D eigenvalue weighted by Gasteiger charge is 2.45. The van der Waals surface area contributed by atoms with E-state index in [1.165, 1.54) is 0 Å². The molecule has 0 aromatic carbocycles. The molecule has 0 aromatic rings. The third-order valence-electron chi connectivity index (χ3n) is 2.97. The van der Waals surface area contributed by atoms with Gasteiger partial charge in [-0.3, -0.25) is 0 Å². The van der Waals surface area contributed by atoms with Gasteiger partial charge in [0.25, 0.3) is 0 Å². The van der Waals surface area contributed by atoms with Gasteiger partial charge in [0.15, 0.2) is 0 Å². The van der Waals surface area contributed by atoms with E-state index in [1.807, 2.05) is 0 Å². The average Bonchev–Trinajstić information content (AvgIpc) is 2.17. The molecule has 3 N–H and O–H groups in total. The van der Waals surface area contributed by atoms with Crippen LogP contribution >= 0.6 is 0 Å². The van der Waals surface area contributed by atoms with Gasteiger partial charge in [-0.25, -0.2) is 0 Å². The summed E-state index contributed by atoms with van der Waals surface area (Å²) in [5.41, 5.74) is 5.30. The summed E-state index contributed by atoms with van der Waals surface area (Å²) in [7, 11) is 0. The highest BCUT2D eigenvalue weighted by atomic mass is 19.4. The quantitative estimate of drug-likeness (QED) is 0.717. The molecule has 0 spiro atoms. The van der Waals surface area contributed by atoms with Crippen molar-refractivity contribution in [2.45, 2.75) is 44.3 Å². The Bertz CT molecular complexity index is 182. The molecular formula is C10H19F3N2. The zero-order valence-corrected chi connectivity index (χ0v) is 8.82. The SMILES string of the molecule is NCCCNC1CCCCC1C(F)(F)F. The largest absolute Gasteiger partial charge is 0.393 e. The standard InChI is InChI=1S/C10H19F3N2/c11-10(12,13)8-4-1-2-5-9(8)15-7-3-6-14/h8-9,15H,1-7,14H2. The Labute approximate surface area is 88.4 Å². The maximum absolute atomic E-state index is 12.6. The van der Waals surface area contributed by atoms with Crippen molar-refractivity contribution in [3.63, 3.8) is 0 Å². The van der Waals surface area contributed by atoms with Gasteiger partial charge >= 0.3 is 6.18 Å². The third-order valence-corrected chi connectivity index (χ3v) is 2.97. The molecule has 2 nitrogen and oxygen atoms in total. The van der Waals surface area contributed by atoms with Crippen LogP contribution in [0.15, 0.2) is 0 Å². The summed E-state index contributed by atoms with van der Waals surface area (Å²) in [5, 5.41) is 2.98. The highest BCUT2D eigenvalue weighted by molar-refractivity contribution is 4.85. The maximum atomic E-state index is 12.6. The smallest absolute Gasteiger partial charge is 0.330 e. The van der Waals surface area contributed by atoms with Crippen LogP contribution < -0.4 is 11.1 Å². The molecule has 90 valence electrons. The van der Waals surface area contributed by atoms with Crippen molar-refractivity contribution in [2.75, 3.05) is 13.1 Å². The molecular weight excluding hydrogens is 205 g/mol. The van der Waals surface area contributed by atoms with E-state index in [0.717, 1.165) is 12.8 Å². The molecule has 5 heteroatoms. The fourth-order valence-corrected chi connectivity index (χ4v) is 2.16. The first-order chi connectivity index (χ1) is 7.05. The van der Waals surface area contributed by atoms with Crippen LogP contribution in [0.5, 0.6) is 0 Å². The summed E-state index contributed by atoms with van der Waals surface area (Å²) >= 11 is 0. The third kappa shape index (κ3) is 3.99. The van der Waals surface area contributed by atoms with Gasteiger partial charge in [0.2, 0.25) is 0 Å². The Morgan fingerprint density at radius 1 is 1.20 bits per heavy atom. The van der Waals surface area contributed by atoms with Gasteiger partial charge in [-0.05, 0) is 32.4 Å². The van der Waals surface area contributed by atoms with E-state index in [1.54, 1.807) is 0 Å². The first kappa shape index (κ1) is 12.8. The van der Waals surface area contributed by atoms with Gasteiger partial charge in [0.05, 0.1) is 5.92 Å². The lowest BCUT2D eigenvalue weighted by Gasteiger charge is -2.33. The predicted octanol–water partition coefficient (Wildman–Crippen LogP) is 2.05. The Morgan fingerprint density at radius 3 is 2.47 bits per heavy atom. The van der Waals surface area contributed by atoms with Crippen molar-refractivity contribution in [1.29, 1.82) is 0 Å². The van der Waals surface area contributed by atoms with Crippen LogP contribution in [-0.4, -0.2) is 25.3 Å². The molecule has 1 rings (SSSR count). The molecule has 1 aliphatic rings. The predicted molar refractivity (Wildman–Crippen MR) is 53.5 cm³/mol. The normalized spacial score (nSPS) is 28.0. The summed E-state index contributed by atoms with van der Waals surface area (Å²) in [6.45, 7) is 1.12. The van der Waals surface area contributed by atoms with E-state index in [4.69, 9.17) is 5.73 Å². The molecule has 0 aromatic heterocycles. The molecule has 0 saturated heterocycles. The van der Waals surface area contributed by atoms with Crippen molar-refractivity contribution >= 4 is 0 Å². The Kier molecular flexibility index (Phi) is 4.86. The molecule has 0 radical (unpaired) electrons. The minimum Gasteiger partial charge on any atom is -0.330 e. The molecule has 0 aliphatic heterocycles. The first-order valence-electron chi connectivity index (χ1n) is 5.56. The highest BCUT2D eigenvalue weighted by Crippen LogP contribution is 2.37. The van der Waals surface area contributed by atoms with Crippen LogP contribution in [0.4, 0.5) is 13.2 Å². The zero-order valence-electron chi connectivity index (χ0n) is 8.82. The van der Waals surface area contributed by atoms with Crippen molar-refractivity contribution in [3.8, 4) is 0 Å². The van der Waals surface area contributed by atoms with Crippen molar-refractivity contribution in [1.82, 2.24) is 5.32 Å². The topological polar surface area (TPSA) is 38.0 Å². The number of hydrogen-bond acceptors (Lipinski definition) is 2. The van der Waals surface area contributed by atoms with Crippen LogP contribution in [0.25, 0.3) is 0 Å². The van der Waals surface area contributed by atoms with Crippen molar-refractivity contribution in [2.24, 2.45) is 11.7 Å². The summed E-state index contributed by atoms with van der Waals surface area (Å²) in [5.74, 6) is -1.16. The zero-order chi connectivity index (χ0) is 11.3. The minimum atomic E-state index is -4.05. The van der Waals surface area contributed by atoms with Crippen LogP contribution in [0, 0.1) is 5.92 Å². The fraction of sp³-hybridized carbons (Fsp3) is 1.00. The summed E-state index contributed by atoms with van der Waals surface area (Å²) < 4.78 is 37.9. The second kappa shape index (κ2) is 5.70. The molecule has 1 saturated carbocycles. The molecule has 0 heterocycles. The molecule has 2 atom stereocenters. The lowest BCUT2D eigenvalue weighted by Crippen LogP contribution is -2.45. The lowest BCUT2D eigenvalue weighted by molar-refractivity contribution is -0.188. The molecule has 1 aliphatic carbocycles. The number of nitrogens with one attached hydrogen (secondary N) is 1. The van der Waals surface area contributed by atoms with Gasteiger partial charge in [0, 0.05) is 6.04 Å². The van der Waals surface area contributed by atoms with Gasteiger partial charge < -0.3 is 11.1 Å². The average molecular weight is 224 g/mol. The van der Waals surface area contributed by atoms with Crippen molar-refractivity contribution < 1.29 is 13.2 Å². The molecule has 2 unspecified atom stereocenters. The first-order valence-corrected chi connectivity index (χ1v) is 5.56. The Balaban J connectivity index is 2.43. The molecule has 15 heavy (non-hydrogen) atoms. The lowest BCUT2D eigenvalue weighted by atomic mass is 9.84. The Morgan fingerprint density at radius 2 is 1.87 bits per heavy atom. The second-order valence-corrected chi connectivity index (χ2v) is 4.14. The number of hydrogen-bond donors (Lipinski definition) is 2. The molecule has 1 fully saturated rings. The second-order valence-electron chi connectivity index (χ2n) is 4.14. The monoisotopic (exact) mass is 224 g/mol. The summed E-state index contributed by atoms with van der Waals surface area (Å²) in [4.78, 5) is 0.